The van der Waals surface area contributed by atoms with E-state index < -0.39 is 0 Å². The molecular weight excluding hydrogens is 465 g/mol. The summed E-state index contributed by atoms with van der Waals surface area (Å²) < 4.78 is 15.6. The second kappa shape index (κ2) is 10.3. The molecule has 2 aliphatic heterocycles. The number of nitrogens with zero attached hydrogens (tertiary/aromatic N) is 4. The number of amides is 1. The van der Waals surface area contributed by atoms with Crippen molar-refractivity contribution in [3.05, 3.63) is 65.2 Å². The van der Waals surface area contributed by atoms with Crippen LogP contribution in [0.1, 0.15) is 60.4 Å². The van der Waals surface area contributed by atoms with Crippen LogP contribution in [-0.2, 0) is 11.2 Å². The third-order valence-electron chi connectivity index (χ3n) is 6.71. The van der Waals surface area contributed by atoms with E-state index in [0.717, 1.165) is 48.7 Å². The van der Waals surface area contributed by atoms with Gasteiger partial charge in [-0.3, -0.25) is 19.1 Å². The van der Waals surface area contributed by atoms with Crippen LogP contribution in [0.4, 0.5) is 10.1 Å². The maximum atomic E-state index is 13.6. The highest BCUT2D eigenvalue weighted by atomic mass is 32.2. The fraction of sp³-hybridized carbons (Fsp3) is 0.385. The van der Waals surface area contributed by atoms with E-state index in [4.69, 9.17) is 0 Å². The minimum absolute atomic E-state index is 0.00171. The first-order chi connectivity index (χ1) is 17.0. The lowest BCUT2D eigenvalue weighted by Crippen LogP contribution is -2.33. The van der Waals surface area contributed by atoms with Crippen molar-refractivity contribution in [1.29, 1.82) is 0 Å². The molecule has 5 rings (SSSR count). The van der Waals surface area contributed by atoms with Gasteiger partial charge in [0.05, 0.1) is 11.8 Å². The summed E-state index contributed by atoms with van der Waals surface area (Å²) in [5.41, 5.74) is 3.14. The Morgan fingerprint density at radius 3 is 2.63 bits per heavy atom. The summed E-state index contributed by atoms with van der Waals surface area (Å²) in [7, 11) is 0. The molecule has 9 heteroatoms. The number of hydrogen-bond donors (Lipinski definition) is 1. The number of anilines is 1. The molecule has 0 unspecified atom stereocenters. The number of aromatic nitrogens is 3. The van der Waals surface area contributed by atoms with Crippen LogP contribution >= 0.6 is 11.8 Å². The third kappa shape index (κ3) is 5.16. The summed E-state index contributed by atoms with van der Waals surface area (Å²) in [5, 5.41) is 12.4. The number of thioether (sulfide) groups is 1. The van der Waals surface area contributed by atoms with Crippen LogP contribution in [0.25, 0.3) is 5.69 Å². The van der Waals surface area contributed by atoms with Crippen molar-refractivity contribution in [1.82, 2.24) is 19.7 Å². The van der Waals surface area contributed by atoms with E-state index in [1.54, 1.807) is 24.3 Å². The maximum Gasteiger partial charge on any atom is 0.224 e. The molecule has 182 valence electrons. The standard InChI is InChI=1S/C26H28FN5O2S/c1-17(31-13-3-2-4-14-31)25-29-30-26(32(25)21-9-7-20(27)8-10-21)35-16-23(33)19-5-11-22-18(15-19)6-12-24(34)28-22/h5,7-11,15,17H,2-4,6,12-14,16H2,1H3,(H,28,34)/t17-/m0/s1. The number of fused-ring (bicyclic) bond motifs is 1. The molecule has 0 aliphatic carbocycles. The van der Waals surface area contributed by atoms with Gasteiger partial charge in [-0.2, -0.15) is 0 Å². The van der Waals surface area contributed by atoms with E-state index in [0.29, 0.717) is 23.6 Å². The predicted octanol–water partition coefficient (Wildman–Crippen LogP) is 4.81. The predicted molar refractivity (Wildman–Crippen MR) is 134 cm³/mol. The molecule has 1 saturated heterocycles. The quantitative estimate of drug-likeness (QED) is 0.376. The number of piperidine rings is 1. The van der Waals surface area contributed by atoms with Gasteiger partial charge in [-0.1, -0.05) is 18.2 Å². The number of nitrogens with one attached hydrogen (secondary N) is 1. The number of hydrogen-bond acceptors (Lipinski definition) is 6. The lowest BCUT2D eigenvalue weighted by Gasteiger charge is -2.31. The fourth-order valence-corrected chi connectivity index (χ4v) is 5.57. The summed E-state index contributed by atoms with van der Waals surface area (Å²) in [6.07, 6.45) is 4.63. The van der Waals surface area contributed by atoms with Crippen LogP contribution in [0, 0.1) is 5.82 Å². The number of ketones is 1. The zero-order valence-corrected chi connectivity index (χ0v) is 20.5. The molecule has 1 aromatic heterocycles. The monoisotopic (exact) mass is 493 g/mol. The second-order valence-electron chi connectivity index (χ2n) is 9.06. The van der Waals surface area contributed by atoms with E-state index in [-0.39, 0.29) is 29.3 Å². The zero-order valence-electron chi connectivity index (χ0n) is 19.7. The van der Waals surface area contributed by atoms with Gasteiger partial charge in [-0.05, 0) is 87.3 Å². The second-order valence-corrected chi connectivity index (χ2v) is 10.00. The van der Waals surface area contributed by atoms with Crippen molar-refractivity contribution in [2.24, 2.45) is 0 Å². The molecule has 2 aliphatic rings. The van der Waals surface area contributed by atoms with Crippen molar-refractivity contribution in [3.8, 4) is 5.69 Å². The van der Waals surface area contributed by atoms with Gasteiger partial charge in [-0.25, -0.2) is 4.39 Å². The molecule has 3 aromatic rings. The highest BCUT2D eigenvalue weighted by Gasteiger charge is 2.26. The Morgan fingerprint density at radius 1 is 1.09 bits per heavy atom. The fourth-order valence-electron chi connectivity index (χ4n) is 4.72. The number of rotatable bonds is 7. The van der Waals surface area contributed by atoms with Gasteiger partial charge >= 0.3 is 0 Å². The third-order valence-corrected chi connectivity index (χ3v) is 7.64. The normalized spacial score (nSPS) is 17.0. The van der Waals surface area contributed by atoms with E-state index in [1.807, 2.05) is 10.6 Å². The lowest BCUT2D eigenvalue weighted by atomic mass is 9.99. The molecule has 0 spiro atoms. The Labute approximate surface area is 208 Å². The Morgan fingerprint density at radius 2 is 1.86 bits per heavy atom. The lowest BCUT2D eigenvalue weighted by molar-refractivity contribution is -0.116. The summed E-state index contributed by atoms with van der Waals surface area (Å²) in [4.78, 5) is 27.0. The number of likely N-dealkylation sites (tertiary alicyclic amines) is 1. The van der Waals surface area contributed by atoms with Gasteiger partial charge < -0.3 is 5.32 Å². The van der Waals surface area contributed by atoms with Gasteiger partial charge in [-0.15, -0.1) is 10.2 Å². The van der Waals surface area contributed by atoms with Gasteiger partial charge in [0.2, 0.25) is 5.91 Å². The van der Waals surface area contributed by atoms with Crippen LogP contribution in [-0.4, -0.2) is 50.2 Å². The van der Waals surface area contributed by atoms with E-state index in [2.05, 4.69) is 27.3 Å². The van der Waals surface area contributed by atoms with Gasteiger partial charge in [0, 0.05) is 23.4 Å². The van der Waals surface area contributed by atoms with E-state index >= 15 is 0 Å². The molecule has 0 bridgehead atoms. The highest BCUT2D eigenvalue weighted by molar-refractivity contribution is 7.99. The van der Waals surface area contributed by atoms with Crippen LogP contribution in [0.15, 0.2) is 47.6 Å². The molecule has 0 radical (unpaired) electrons. The molecule has 2 aromatic carbocycles. The molecule has 1 fully saturated rings. The van der Waals surface area contributed by atoms with E-state index in [1.165, 1.54) is 30.3 Å². The Balaban J connectivity index is 1.38. The van der Waals surface area contributed by atoms with Crippen molar-refractivity contribution in [2.45, 2.75) is 50.2 Å². The highest BCUT2D eigenvalue weighted by Crippen LogP contribution is 2.30. The van der Waals surface area contributed by atoms with Crippen molar-refractivity contribution >= 4 is 29.1 Å². The summed E-state index contributed by atoms with van der Waals surface area (Å²) in [5.74, 6) is 0.664. The molecule has 3 heterocycles. The molecule has 7 nitrogen and oxygen atoms in total. The maximum absolute atomic E-state index is 13.6. The largest absolute Gasteiger partial charge is 0.326 e. The summed E-state index contributed by atoms with van der Waals surface area (Å²) in [6, 6.07) is 11.8. The minimum Gasteiger partial charge on any atom is -0.326 e. The molecule has 0 saturated carbocycles. The zero-order chi connectivity index (χ0) is 24.4. The number of benzene rings is 2. The molecular formula is C26H28FN5O2S. The van der Waals surface area contributed by atoms with Crippen molar-refractivity contribution in [3.63, 3.8) is 0 Å². The van der Waals surface area contributed by atoms with Gasteiger partial charge in [0.15, 0.2) is 16.8 Å². The molecule has 35 heavy (non-hydrogen) atoms. The Bertz CT molecular complexity index is 1240. The van der Waals surface area contributed by atoms with Crippen molar-refractivity contribution in [2.75, 3.05) is 24.2 Å². The number of carbonyl (C=O) groups excluding carboxylic acids is 2. The summed E-state index contributed by atoms with van der Waals surface area (Å²) in [6.45, 7) is 4.15. The number of carbonyl (C=O) groups is 2. The van der Waals surface area contributed by atoms with Crippen LogP contribution in [0.2, 0.25) is 0 Å². The van der Waals surface area contributed by atoms with Crippen LogP contribution in [0.3, 0.4) is 0 Å². The SMILES string of the molecule is C[C@@H](c1nnc(SCC(=O)c2ccc3c(c2)CCC(=O)N3)n1-c1ccc(F)cc1)N1CCCCC1. The Kier molecular flexibility index (Phi) is 6.97. The van der Waals surface area contributed by atoms with Crippen LogP contribution in [0.5, 0.6) is 0 Å². The van der Waals surface area contributed by atoms with E-state index in [9.17, 15) is 14.0 Å². The van der Waals surface area contributed by atoms with Gasteiger partial charge in [0.1, 0.15) is 5.82 Å². The topological polar surface area (TPSA) is 80.1 Å². The Hall–Kier alpha value is -3.04. The number of Topliss-reactive ketones (excluding diaryl/α,β-unsaturated/α-hetero) is 1. The average Bonchev–Trinajstić information content (AvgIpc) is 3.31. The summed E-state index contributed by atoms with van der Waals surface area (Å²) >= 11 is 1.33. The smallest absolute Gasteiger partial charge is 0.224 e. The molecule has 1 amide bonds. The van der Waals surface area contributed by atoms with Crippen molar-refractivity contribution < 1.29 is 14.0 Å². The first-order valence-electron chi connectivity index (χ1n) is 12.0. The molecule has 1 atom stereocenters. The average molecular weight is 494 g/mol. The van der Waals surface area contributed by atoms with Crippen LogP contribution < -0.4 is 5.32 Å². The molecule has 1 N–H and O–H groups in total. The first kappa shape index (κ1) is 23.7. The minimum atomic E-state index is -0.305. The number of aryl methyl sites for hydroxylation is 1. The number of halogens is 1. The van der Waals surface area contributed by atoms with Gasteiger partial charge in [0.25, 0.3) is 0 Å². The first-order valence-corrected chi connectivity index (χ1v) is 13.0.